The van der Waals surface area contributed by atoms with Crippen LogP contribution in [0.25, 0.3) is 0 Å². The van der Waals surface area contributed by atoms with Gasteiger partial charge in [0.2, 0.25) is 5.91 Å². The molecule has 0 aromatic heterocycles. The van der Waals surface area contributed by atoms with E-state index >= 15 is 0 Å². The minimum atomic E-state index is -0.133. The number of hydrogen-bond acceptors (Lipinski definition) is 4. The minimum Gasteiger partial charge on any atom is -0.378 e. The normalized spacial score (nSPS) is 18.2. The number of hydrogen-bond donors (Lipinski definition) is 1. The van der Waals surface area contributed by atoms with E-state index in [1.165, 1.54) is 0 Å². The van der Waals surface area contributed by atoms with Crippen molar-refractivity contribution in [2.75, 3.05) is 42.4 Å². The second-order valence-electron chi connectivity index (χ2n) is 8.05. The Morgan fingerprint density at radius 3 is 2.59 bits per heavy atom. The van der Waals surface area contributed by atoms with Crippen LogP contribution in [-0.2, 0) is 11.3 Å². The molecule has 152 valence electrons. The standard InChI is InChI=1S/C23H28N4O2/c1-25(2)18-10-7-16(8-11-18)15-24-22(28)17-9-12-19-21(14-17)26(3)23(29)20-6-4-5-13-27(19)20/h7-12,14,20H,4-6,13,15H2,1-3H3,(H,24,28). The summed E-state index contributed by atoms with van der Waals surface area (Å²) < 4.78 is 0. The quantitative estimate of drug-likeness (QED) is 0.869. The van der Waals surface area contributed by atoms with Gasteiger partial charge in [-0.05, 0) is 55.2 Å². The molecule has 6 nitrogen and oxygen atoms in total. The predicted octanol–water partition coefficient (Wildman–Crippen LogP) is 3.02. The van der Waals surface area contributed by atoms with Crippen LogP contribution in [0.4, 0.5) is 17.1 Å². The van der Waals surface area contributed by atoms with E-state index in [0.29, 0.717) is 12.1 Å². The zero-order valence-corrected chi connectivity index (χ0v) is 17.3. The maximum atomic E-state index is 12.8. The molecule has 1 fully saturated rings. The Kier molecular flexibility index (Phi) is 5.18. The van der Waals surface area contributed by atoms with Crippen molar-refractivity contribution in [1.82, 2.24) is 5.32 Å². The fourth-order valence-corrected chi connectivity index (χ4v) is 4.19. The van der Waals surface area contributed by atoms with E-state index in [0.717, 1.165) is 48.4 Å². The average molecular weight is 393 g/mol. The van der Waals surface area contributed by atoms with Crippen molar-refractivity contribution in [3.8, 4) is 0 Å². The highest BCUT2D eigenvalue weighted by atomic mass is 16.2. The van der Waals surface area contributed by atoms with E-state index in [9.17, 15) is 9.59 Å². The van der Waals surface area contributed by atoms with E-state index in [1.807, 2.05) is 61.5 Å². The molecule has 2 amide bonds. The minimum absolute atomic E-state index is 0.0638. The molecule has 0 aliphatic carbocycles. The molecular formula is C23H28N4O2. The van der Waals surface area contributed by atoms with Gasteiger partial charge in [-0.3, -0.25) is 9.59 Å². The van der Waals surface area contributed by atoms with Gasteiger partial charge in [-0.25, -0.2) is 0 Å². The van der Waals surface area contributed by atoms with Gasteiger partial charge in [0.15, 0.2) is 0 Å². The zero-order chi connectivity index (χ0) is 20.5. The van der Waals surface area contributed by atoms with Crippen LogP contribution in [0.2, 0.25) is 0 Å². The summed E-state index contributed by atoms with van der Waals surface area (Å²) in [5, 5.41) is 2.98. The molecule has 0 bridgehead atoms. The number of nitrogens with zero attached hydrogens (tertiary/aromatic N) is 3. The molecule has 29 heavy (non-hydrogen) atoms. The Labute approximate surface area is 172 Å². The van der Waals surface area contributed by atoms with E-state index in [4.69, 9.17) is 0 Å². The van der Waals surface area contributed by atoms with Crippen molar-refractivity contribution in [1.29, 1.82) is 0 Å². The summed E-state index contributed by atoms with van der Waals surface area (Å²) in [7, 11) is 5.81. The third-order valence-corrected chi connectivity index (χ3v) is 5.93. The number of amides is 2. The first-order valence-electron chi connectivity index (χ1n) is 10.2. The lowest BCUT2D eigenvalue weighted by molar-refractivity contribution is -0.120. The van der Waals surface area contributed by atoms with Crippen molar-refractivity contribution >= 4 is 28.9 Å². The summed E-state index contributed by atoms with van der Waals surface area (Å²) in [6.45, 7) is 1.36. The van der Waals surface area contributed by atoms with Crippen LogP contribution in [0.1, 0.15) is 35.2 Å². The van der Waals surface area contributed by atoms with Gasteiger partial charge in [-0.2, -0.15) is 0 Å². The number of carbonyl (C=O) groups excluding carboxylic acids is 2. The van der Waals surface area contributed by atoms with Crippen LogP contribution in [-0.4, -0.2) is 45.5 Å². The molecule has 2 heterocycles. The Morgan fingerprint density at radius 1 is 1.10 bits per heavy atom. The molecule has 0 radical (unpaired) electrons. The van der Waals surface area contributed by atoms with E-state index in [-0.39, 0.29) is 17.9 Å². The maximum Gasteiger partial charge on any atom is 0.251 e. The number of piperidine rings is 1. The highest BCUT2D eigenvalue weighted by Gasteiger charge is 2.37. The summed E-state index contributed by atoms with van der Waals surface area (Å²) in [5.74, 6) is -0.0122. The van der Waals surface area contributed by atoms with Crippen LogP contribution in [0.5, 0.6) is 0 Å². The molecule has 1 N–H and O–H groups in total. The van der Waals surface area contributed by atoms with Crippen molar-refractivity contribution < 1.29 is 9.59 Å². The van der Waals surface area contributed by atoms with Crippen molar-refractivity contribution in [3.63, 3.8) is 0 Å². The molecule has 2 aliphatic heterocycles. The summed E-state index contributed by atoms with van der Waals surface area (Å²) in [5.41, 5.74) is 4.61. The number of fused-ring (bicyclic) bond motifs is 3. The summed E-state index contributed by atoms with van der Waals surface area (Å²) >= 11 is 0. The molecule has 1 atom stereocenters. The lowest BCUT2D eigenvalue weighted by atomic mass is 9.96. The largest absolute Gasteiger partial charge is 0.378 e. The number of nitrogens with one attached hydrogen (secondary N) is 1. The van der Waals surface area contributed by atoms with Crippen molar-refractivity contribution in [3.05, 3.63) is 53.6 Å². The van der Waals surface area contributed by atoms with Crippen LogP contribution in [0.15, 0.2) is 42.5 Å². The lowest BCUT2D eigenvalue weighted by Gasteiger charge is -2.44. The highest BCUT2D eigenvalue weighted by molar-refractivity contribution is 6.07. The fraction of sp³-hybridized carbons (Fsp3) is 0.391. The third-order valence-electron chi connectivity index (χ3n) is 5.93. The Hall–Kier alpha value is -3.02. The van der Waals surface area contributed by atoms with Gasteiger partial charge >= 0.3 is 0 Å². The number of benzene rings is 2. The van der Waals surface area contributed by atoms with Gasteiger partial charge in [0.05, 0.1) is 11.4 Å². The van der Waals surface area contributed by atoms with Crippen molar-refractivity contribution in [2.45, 2.75) is 31.8 Å². The summed E-state index contributed by atoms with van der Waals surface area (Å²) in [6, 6.07) is 13.7. The van der Waals surface area contributed by atoms with Crippen LogP contribution in [0, 0.1) is 0 Å². The second kappa shape index (κ2) is 7.78. The number of carbonyl (C=O) groups is 2. The van der Waals surface area contributed by atoms with Gasteiger partial charge in [0, 0.05) is 45.5 Å². The molecule has 1 unspecified atom stereocenters. The van der Waals surface area contributed by atoms with E-state index < -0.39 is 0 Å². The fourth-order valence-electron chi connectivity index (χ4n) is 4.19. The maximum absolute atomic E-state index is 12.8. The molecular weight excluding hydrogens is 364 g/mol. The SMILES string of the molecule is CN(C)c1ccc(CNC(=O)c2ccc3c(c2)N(C)C(=O)C2CCCCN32)cc1. The highest BCUT2D eigenvalue weighted by Crippen LogP contribution is 2.39. The molecule has 0 saturated carbocycles. The molecule has 2 aliphatic rings. The average Bonchev–Trinajstić information content (AvgIpc) is 2.75. The summed E-state index contributed by atoms with van der Waals surface area (Å²) in [4.78, 5) is 31.4. The molecule has 6 heteroatoms. The van der Waals surface area contributed by atoms with Gasteiger partial charge in [0.1, 0.15) is 6.04 Å². The van der Waals surface area contributed by atoms with Crippen molar-refractivity contribution in [2.24, 2.45) is 0 Å². The summed E-state index contributed by atoms with van der Waals surface area (Å²) in [6.07, 6.45) is 3.09. The Balaban J connectivity index is 1.49. The Morgan fingerprint density at radius 2 is 1.86 bits per heavy atom. The third kappa shape index (κ3) is 3.67. The lowest BCUT2D eigenvalue weighted by Crippen LogP contribution is -2.54. The van der Waals surface area contributed by atoms with Crippen LogP contribution >= 0.6 is 0 Å². The molecule has 1 saturated heterocycles. The number of likely N-dealkylation sites (N-methyl/N-ethyl adjacent to an activating group) is 1. The first-order chi connectivity index (χ1) is 14.0. The molecule has 4 rings (SSSR count). The number of rotatable bonds is 4. The number of anilines is 3. The van der Waals surface area contributed by atoms with Gasteiger partial charge < -0.3 is 20.0 Å². The molecule has 2 aromatic rings. The smallest absolute Gasteiger partial charge is 0.251 e. The van der Waals surface area contributed by atoms with Crippen LogP contribution in [0.3, 0.4) is 0 Å². The topological polar surface area (TPSA) is 55.9 Å². The molecule has 2 aromatic carbocycles. The first-order valence-corrected chi connectivity index (χ1v) is 10.2. The molecule has 0 spiro atoms. The van der Waals surface area contributed by atoms with Crippen LogP contribution < -0.4 is 20.0 Å². The van der Waals surface area contributed by atoms with Gasteiger partial charge in [-0.1, -0.05) is 12.1 Å². The van der Waals surface area contributed by atoms with Gasteiger partial charge in [0.25, 0.3) is 5.91 Å². The zero-order valence-electron chi connectivity index (χ0n) is 17.3. The predicted molar refractivity (Wildman–Crippen MR) is 117 cm³/mol. The van der Waals surface area contributed by atoms with Gasteiger partial charge in [-0.15, -0.1) is 0 Å². The van der Waals surface area contributed by atoms with E-state index in [2.05, 4.69) is 10.2 Å². The second-order valence-corrected chi connectivity index (χ2v) is 8.05. The monoisotopic (exact) mass is 392 g/mol. The first kappa shape index (κ1) is 19.3. The Bertz CT molecular complexity index is 923. The van der Waals surface area contributed by atoms with E-state index in [1.54, 1.807) is 11.9 Å².